The number of hydrogen-bond acceptors (Lipinski definition) is 4. The zero-order valence-corrected chi connectivity index (χ0v) is 12.4. The van der Waals surface area contributed by atoms with Crippen LogP contribution in [0, 0.1) is 18.2 Å². The smallest absolute Gasteiger partial charge is 0.260 e. The minimum Gasteiger partial charge on any atom is -0.301 e. The third kappa shape index (κ3) is 2.71. The van der Waals surface area contributed by atoms with Crippen molar-refractivity contribution in [3.63, 3.8) is 0 Å². The third-order valence-electron chi connectivity index (χ3n) is 2.87. The Kier molecular flexibility index (Phi) is 3.78. The van der Waals surface area contributed by atoms with E-state index in [-0.39, 0.29) is 11.4 Å². The molecular weight excluding hydrogens is 307 g/mol. The predicted molar refractivity (Wildman–Crippen MR) is 85.2 cm³/mol. The van der Waals surface area contributed by atoms with Gasteiger partial charge in [0.2, 0.25) is 0 Å². The molecule has 0 saturated heterocycles. The van der Waals surface area contributed by atoms with Crippen LogP contribution in [0.2, 0.25) is 0 Å². The lowest BCUT2D eigenvalue weighted by Gasteiger charge is -2.00. The number of nitrogens with one attached hydrogen (secondary N) is 1. The predicted octanol–water partition coefficient (Wildman–Crippen LogP) is 3.52. The second-order valence-electron chi connectivity index (χ2n) is 4.20. The van der Waals surface area contributed by atoms with Crippen LogP contribution in [0.4, 0.5) is 4.39 Å². The Hall–Kier alpha value is -2.10. The van der Waals surface area contributed by atoms with Crippen LogP contribution in [-0.2, 0) is 0 Å². The number of rotatable bonds is 3. The summed E-state index contributed by atoms with van der Waals surface area (Å²) in [6.45, 7) is 0. The summed E-state index contributed by atoms with van der Waals surface area (Å²) < 4.78 is 13.0. The third-order valence-corrected chi connectivity index (χ3v) is 4.52. The Morgan fingerprint density at radius 1 is 1.38 bits per heavy atom. The minimum atomic E-state index is -0.307. The van der Waals surface area contributed by atoms with E-state index in [0.717, 1.165) is 11.1 Å². The van der Waals surface area contributed by atoms with Gasteiger partial charge < -0.3 is 4.98 Å². The van der Waals surface area contributed by atoms with Crippen LogP contribution in [-0.4, -0.2) is 15.7 Å². The highest BCUT2D eigenvalue weighted by Gasteiger charge is 2.13. The van der Waals surface area contributed by atoms with Crippen molar-refractivity contribution in [2.24, 2.45) is 0 Å². The summed E-state index contributed by atoms with van der Waals surface area (Å²) in [5, 5.41) is 2.89. The van der Waals surface area contributed by atoms with Gasteiger partial charge in [-0.25, -0.2) is 9.37 Å². The Morgan fingerprint density at radius 3 is 2.86 bits per heavy atom. The van der Waals surface area contributed by atoms with Crippen molar-refractivity contribution in [3.8, 4) is 23.5 Å². The van der Waals surface area contributed by atoms with Gasteiger partial charge in [0.1, 0.15) is 10.6 Å². The van der Waals surface area contributed by atoms with Crippen LogP contribution in [0.25, 0.3) is 21.3 Å². The lowest BCUT2D eigenvalue weighted by Crippen LogP contribution is -2.08. The minimum absolute atomic E-state index is 0.208. The van der Waals surface area contributed by atoms with E-state index in [1.807, 2.05) is 5.38 Å². The van der Waals surface area contributed by atoms with Crippen LogP contribution in [0.3, 0.4) is 0 Å². The maximum absolute atomic E-state index is 13.0. The fourth-order valence-electron chi connectivity index (χ4n) is 1.95. The molecule has 0 aliphatic carbocycles. The molecule has 0 atom stereocenters. The number of halogens is 1. The summed E-state index contributed by atoms with van der Waals surface area (Å²) in [7, 11) is 0. The summed E-state index contributed by atoms with van der Waals surface area (Å²) in [6, 6.07) is 6.05. The molecule has 0 bridgehead atoms. The summed E-state index contributed by atoms with van der Waals surface area (Å²) in [5.41, 5.74) is 1.34. The van der Waals surface area contributed by atoms with Gasteiger partial charge in [-0.05, 0) is 17.7 Å². The largest absolute Gasteiger partial charge is 0.301 e. The summed E-state index contributed by atoms with van der Waals surface area (Å²) in [4.78, 5) is 20.0. The Morgan fingerprint density at radius 2 is 2.14 bits per heavy atom. The number of aromatic amines is 1. The summed E-state index contributed by atoms with van der Waals surface area (Å²) in [5.74, 6) is 2.63. The molecule has 0 unspecified atom stereocenters. The number of thioether (sulfide) groups is 1. The maximum Gasteiger partial charge on any atom is 0.260 e. The Bertz CT molecular complexity index is 891. The van der Waals surface area contributed by atoms with Gasteiger partial charge in [0, 0.05) is 10.9 Å². The monoisotopic (exact) mass is 316 g/mol. The van der Waals surface area contributed by atoms with Crippen molar-refractivity contribution in [1.29, 1.82) is 0 Å². The van der Waals surface area contributed by atoms with E-state index in [4.69, 9.17) is 6.42 Å². The average molecular weight is 316 g/mol. The first kappa shape index (κ1) is 13.9. The molecule has 3 rings (SSSR count). The Labute approximate surface area is 128 Å². The number of nitrogens with zero attached hydrogens (tertiary/aromatic N) is 1. The first-order valence-electron chi connectivity index (χ1n) is 6.03. The van der Waals surface area contributed by atoms with Crippen molar-refractivity contribution in [2.45, 2.75) is 5.16 Å². The Balaban J connectivity index is 2.12. The summed E-state index contributed by atoms with van der Waals surface area (Å²) in [6.07, 6.45) is 5.20. The van der Waals surface area contributed by atoms with Crippen molar-refractivity contribution in [2.75, 3.05) is 5.75 Å². The molecule has 0 amide bonds. The number of hydrogen-bond donors (Lipinski definition) is 1. The van der Waals surface area contributed by atoms with Gasteiger partial charge in [-0.3, -0.25) is 4.79 Å². The topological polar surface area (TPSA) is 45.8 Å². The van der Waals surface area contributed by atoms with Gasteiger partial charge in [-0.1, -0.05) is 29.8 Å². The highest BCUT2D eigenvalue weighted by molar-refractivity contribution is 7.99. The van der Waals surface area contributed by atoms with Gasteiger partial charge in [-0.2, -0.15) is 0 Å². The maximum atomic E-state index is 13.0. The van der Waals surface area contributed by atoms with E-state index in [9.17, 15) is 9.18 Å². The van der Waals surface area contributed by atoms with Crippen LogP contribution in [0.15, 0.2) is 39.6 Å². The van der Waals surface area contributed by atoms with E-state index in [1.165, 1.54) is 35.2 Å². The molecule has 2 heterocycles. The van der Waals surface area contributed by atoms with Gasteiger partial charge in [0.05, 0.1) is 11.1 Å². The molecule has 2 aromatic heterocycles. The first-order chi connectivity index (χ1) is 10.2. The lowest BCUT2D eigenvalue weighted by molar-refractivity contribution is 0.628. The molecule has 104 valence electrons. The quantitative estimate of drug-likeness (QED) is 0.457. The molecule has 3 aromatic rings. The average Bonchev–Trinajstić information content (AvgIpc) is 2.90. The molecule has 0 radical (unpaired) electrons. The van der Waals surface area contributed by atoms with Crippen LogP contribution in [0.5, 0.6) is 0 Å². The standard InChI is InChI=1S/C15H9FN2OS2/c1-2-7-20-15-17-13(19)12-11(8-21-14(12)18-15)9-3-5-10(16)6-4-9/h1,3-6,8H,7H2,(H,17,18,19). The SMILES string of the molecule is C#CCSc1nc2scc(-c3ccc(F)cc3)c2c(=O)[nH]1. The van der Waals surface area contributed by atoms with E-state index in [1.54, 1.807) is 12.1 Å². The van der Waals surface area contributed by atoms with Crippen LogP contribution < -0.4 is 5.56 Å². The molecule has 0 aliphatic heterocycles. The molecule has 6 heteroatoms. The van der Waals surface area contributed by atoms with E-state index < -0.39 is 0 Å². The number of H-pyrrole nitrogens is 1. The van der Waals surface area contributed by atoms with Crippen molar-refractivity contribution in [3.05, 3.63) is 45.8 Å². The molecule has 21 heavy (non-hydrogen) atoms. The number of thiophene rings is 1. The molecule has 0 saturated carbocycles. The highest BCUT2D eigenvalue weighted by atomic mass is 32.2. The van der Waals surface area contributed by atoms with Gasteiger partial charge in [0.15, 0.2) is 5.16 Å². The van der Waals surface area contributed by atoms with Crippen molar-refractivity contribution in [1.82, 2.24) is 9.97 Å². The van der Waals surface area contributed by atoms with E-state index in [0.29, 0.717) is 21.1 Å². The molecule has 3 nitrogen and oxygen atoms in total. The molecule has 0 fully saturated rings. The number of fused-ring (bicyclic) bond motifs is 1. The number of aromatic nitrogens is 2. The molecule has 0 spiro atoms. The first-order valence-corrected chi connectivity index (χ1v) is 7.89. The number of benzene rings is 1. The van der Waals surface area contributed by atoms with Crippen LogP contribution in [0.1, 0.15) is 0 Å². The van der Waals surface area contributed by atoms with Crippen LogP contribution >= 0.6 is 23.1 Å². The van der Waals surface area contributed by atoms with Crippen molar-refractivity contribution < 1.29 is 4.39 Å². The van der Waals surface area contributed by atoms with E-state index in [2.05, 4.69) is 15.9 Å². The second kappa shape index (κ2) is 5.72. The zero-order valence-electron chi connectivity index (χ0n) is 10.7. The zero-order chi connectivity index (χ0) is 14.8. The lowest BCUT2D eigenvalue weighted by atomic mass is 10.1. The second-order valence-corrected chi connectivity index (χ2v) is 6.02. The molecule has 1 N–H and O–H groups in total. The molecule has 1 aromatic carbocycles. The van der Waals surface area contributed by atoms with E-state index >= 15 is 0 Å². The molecular formula is C15H9FN2OS2. The van der Waals surface area contributed by atoms with Crippen molar-refractivity contribution >= 4 is 33.3 Å². The molecule has 0 aliphatic rings. The van der Waals surface area contributed by atoms with Gasteiger partial charge in [-0.15, -0.1) is 17.8 Å². The normalized spacial score (nSPS) is 10.7. The van der Waals surface area contributed by atoms with Gasteiger partial charge in [0.25, 0.3) is 5.56 Å². The summed E-state index contributed by atoms with van der Waals surface area (Å²) >= 11 is 2.70. The van der Waals surface area contributed by atoms with Gasteiger partial charge >= 0.3 is 0 Å². The fraction of sp³-hybridized carbons (Fsp3) is 0.0667. The highest BCUT2D eigenvalue weighted by Crippen LogP contribution is 2.31. The fourth-order valence-corrected chi connectivity index (χ4v) is 3.50. The number of terminal acetylenes is 1.